The number of benzene rings is 1. The van der Waals surface area contributed by atoms with Crippen LogP contribution in [0.15, 0.2) is 35.2 Å². The second-order valence-corrected chi connectivity index (χ2v) is 9.75. The SMILES string of the molecule is Cc1ccc(C(=O)OCC(=O)Nc2cc(S(=O)(=O)N3CCOCC3)ccc2C)s1. The number of ether oxygens (including phenoxy) is 2. The summed E-state index contributed by atoms with van der Waals surface area (Å²) in [6.07, 6.45) is 0. The first kappa shape index (κ1) is 21.4. The fourth-order valence-electron chi connectivity index (χ4n) is 2.77. The third-order valence-corrected chi connectivity index (χ3v) is 7.24. The van der Waals surface area contributed by atoms with Crippen molar-refractivity contribution in [3.05, 3.63) is 45.6 Å². The van der Waals surface area contributed by atoms with Gasteiger partial charge in [-0.25, -0.2) is 13.2 Å². The molecule has 8 nitrogen and oxygen atoms in total. The molecule has 0 spiro atoms. The summed E-state index contributed by atoms with van der Waals surface area (Å²) in [5.41, 5.74) is 1.05. The van der Waals surface area contributed by atoms with Crippen LogP contribution < -0.4 is 5.32 Å². The summed E-state index contributed by atoms with van der Waals surface area (Å²) < 4.78 is 37.2. The van der Waals surface area contributed by atoms with E-state index in [1.165, 1.54) is 27.8 Å². The maximum absolute atomic E-state index is 12.8. The van der Waals surface area contributed by atoms with E-state index in [2.05, 4.69) is 5.32 Å². The maximum atomic E-state index is 12.8. The van der Waals surface area contributed by atoms with Crippen molar-refractivity contribution in [3.8, 4) is 0 Å². The first-order valence-electron chi connectivity index (χ1n) is 8.99. The van der Waals surface area contributed by atoms with E-state index in [0.29, 0.717) is 29.3 Å². The smallest absolute Gasteiger partial charge is 0.348 e. The molecule has 0 saturated carbocycles. The van der Waals surface area contributed by atoms with Crippen molar-refractivity contribution in [2.75, 3.05) is 38.2 Å². The van der Waals surface area contributed by atoms with Crippen LogP contribution in [0.2, 0.25) is 0 Å². The lowest BCUT2D eigenvalue weighted by atomic mass is 10.2. The largest absolute Gasteiger partial charge is 0.451 e. The van der Waals surface area contributed by atoms with Crippen LogP contribution in [0, 0.1) is 13.8 Å². The van der Waals surface area contributed by atoms with Crippen LogP contribution >= 0.6 is 11.3 Å². The van der Waals surface area contributed by atoms with Crippen molar-refractivity contribution in [2.45, 2.75) is 18.7 Å². The molecule has 0 bridgehead atoms. The van der Waals surface area contributed by atoms with Gasteiger partial charge in [0.15, 0.2) is 6.61 Å². The zero-order valence-corrected chi connectivity index (χ0v) is 17.8. The second kappa shape index (κ2) is 9.04. The molecule has 1 aliphatic heterocycles. The summed E-state index contributed by atoms with van der Waals surface area (Å²) in [6, 6.07) is 8.00. The summed E-state index contributed by atoms with van der Waals surface area (Å²) >= 11 is 1.29. The molecule has 3 rings (SSSR count). The molecule has 1 saturated heterocycles. The van der Waals surface area contributed by atoms with E-state index >= 15 is 0 Å². The van der Waals surface area contributed by atoms with Gasteiger partial charge < -0.3 is 14.8 Å². The Labute approximate surface area is 173 Å². The number of hydrogen-bond acceptors (Lipinski definition) is 7. The Morgan fingerprint density at radius 3 is 2.55 bits per heavy atom. The summed E-state index contributed by atoms with van der Waals surface area (Å²) in [5, 5.41) is 2.62. The first-order valence-corrected chi connectivity index (χ1v) is 11.2. The number of nitrogens with one attached hydrogen (secondary N) is 1. The Kier molecular flexibility index (Phi) is 6.68. The minimum Gasteiger partial charge on any atom is -0.451 e. The molecule has 0 aliphatic carbocycles. The quantitative estimate of drug-likeness (QED) is 0.694. The molecule has 1 aromatic carbocycles. The van der Waals surface area contributed by atoms with Crippen molar-refractivity contribution in [3.63, 3.8) is 0 Å². The standard InChI is InChI=1S/C19H22N2O6S2/c1-13-3-5-15(29(24,25)21-7-9-26-10-8-21)11-16(13)20-18(22)12-27-19(23)17-6-4-14(2)28-17/h3-6,11H,7-10,12H2,1-2H3,(H,20,22). The fraction of sp³-hybridized carbons (Fsp3) is 0.368. The van der Waals surface area contributed by atoms with Gasteiger partial charge in [-0.3, -0.25) is 4.79 Å². The van der Waals surface area contributed by atoms with Crippen LogP contribution in [0.3, 0.4) is 0 Å². The minimum absolute atomic E-state index is 0.0892. The molecule has 1 amide bonds. The summed E-state index contributed by atoms with van der Waals surface area (Å²) in [6.45, 7) is 4.44. The van der Waals surface area contributed by atoms with Gasteiger partial charge in [0.2, 0.25) is 10.0 Å². The first-order chi connectivity index (χ1) is 13.8. The molecule has 156 valence electrons. The summed E-state index contributed by atoms with van der Waals surface area (Å²) in [4.78, 5) is 25.6. The molecule has 1 aliphatic rings. The highest BCUT2D eigenvalue weighted by Gasteiger charge is 2.27. The number of amides is 1. The van der Waals surface area contributed by atoms with Crippen molar-refractivity contribution < 1.29 is 27.5 Å². The third-order valence-electron chi connectivity index (χ3n) is 4.37. The molecule has 29 heavy (non-hydrogen) atoms. The van der Waals surface area contributed by atoms with Gasteiger partial charge in [0.05, 0.1) is 18.1 Å². The number of sulfonamides is 1. The lowest BCUT2D eigenvalue weighted by molar-refractivity contribution is -0.119. The van der Waals surface area contributed by atoms with Gasteiger partial charge in [-0.05, 0) is 43.7 Å². The topological polar surface area (TPSA) is 102 Å². The Morgan fingerprint density at radius 1 is 1.17 bits per heavy atom. The number of morpholine rings is 1. The van der Waals surface area contributed by atoms with Gasteiger partial charge in [-0.2, -0.15) is 4.31 Å². The highest BCUT2D eigenvalue weighted by Crippen LogP contribution is 2.24. The monoisotopic (exact) mass is 438 g/mol. The molecular weight excluding hydrogens is 416 g/mol. The molecule has 0 unspecified atom stereocenters. The fourth-order valence-corrected chi connectivity index (χ4v) is 4.96. The number of esters is 1. The predicted molar refractivity (Wildman–Crippen MR) is 109 cm³/mol. The van der Waals surface area contributed by atoms with Crippen molar-refractivity contribution in [1.29, 1.82) is 0 Å². The normalized spacial score (nSPS) is 15.1. The Hall–Kier alpha value is -2.27. The van der Waals surface area contributed by atoms with E-state index in [4.69, 9.17) is 9.47 Å². The highest BCUT2D eigenvalue weighted by atomic mass is 32.2. The summed E-state index contributed by atoms with van der Waals surface area (Å²) in [5.74, 6) is -1.12. The average Bonchev–Trinajstić information content (AvgIpc) is 3.15. The van der Waals surface area contributed by atoms with E-state index in [1.807, 2.05) is 6.92 Å². The molecule has 2 heterocycles. The van der Waals surface area contributed by atoms with E-state index in [1.54, 1.807) is 25.1 Å². The van der Waals surface area contributed by atoms with E-state index in [0.717, 1.165) is 4.88 Å². The Bertz CT molecular complexity index is 1010. The van der Waals surface area contributed by atoms with Crippen LogP contribution in [0.25, 0.3) is 0 Å². The number of thiophene rings is 1. The zero-order valence-electron chi connectivity index (χ0n) is 16.1. The minimum atomic E-state index is -3.68. The molecule has 10 heteroatoms. The van der Waals surface area contributed by atoms with Crippen molar-refractivity contribution >= 4 is 38.9 Å². The van der Waals surface area contributed by atoms with E-state index < -0.39 is 28.5 Å². The molecule has 1 aromatic heterocycles. The number of carbonyl (C=O) groups is 2. The zero-order chi connectivity index (χ0) is 21.0. The highest BCUT2D eigenvalue weighted by molar-refractivity contribution is 7.89. The van der Waals surface area contributed by atoms with Crippen molar-refractivity contribution in [1.82, 2.24) is 4.31 Å². The van der Waals surface area contributed by atoms with Gasteiger partial charge in [0, 0.05) is 23.7 Å². The van der Waals surface area contributed by atoms with Gasteiger partial charge in [0.25, 0.3) is 5.91 Å². The molecular formula is C19H22N2O6S2. The lowest BCUT2D eigenvalue weighted by Gasteiger charge is -2.26. The van der Waals surface area contributed by atoms with E-state index in [9.17, 15) is 18.0 Å². The number of hydrogen-bond donors (Lipinski definition) is 1. The Balaban J connectivity index is 1.66. The number of aryl methyl sites for hydroxylation is 2. The lowest BCUT2D eigenvalue weighted by Crippen LogP contribution is -2.40. The van der Waals surface area contributed by atoms with Crippen molar-refractivity contribution in [2.24, 2.45) is 0 Å². The van der Waals surface area contributed by atoms with Crippen LogP contribution in [0.4, 0.5) is 5.69 Å². The molecule has 0 atom stereocenters. The molecule has 1 N–H and O–H groups in total. The predicted octanol–water partition coefficient (Wildman–Crippen LogP) is 2.18. The summed E-state index contributed by atoms with van der Waals surface area (Å²) in [7, 11) is -3.68. The number of nitrogens with zero attached hydrogens (tertiary/aromatic N) is 1. The van der Waals surface area contributed by atoms with Crippen LogP contribution in [0.1, 0.15) is 20.1 Å². The van der Waals surface area contributed by atoms with Gasteiger partial charge in [-0.1, -0.05) is 6.07 Å². The van der Waals surface area contributed by atoms with E-state index in [-0.39, 0.29) is 18.0 Å². The molecule has 1 fully saturated rings. The molecule has 0 radical (unpaired) electrons. The maximum Gasteiger partial charge on any atom is 0.348 e. The number of anilines is 1. The third kappa shape index (κ3) is 5.21. The van der Waals surface area contributed by atoms with Crippen LogP contribution in [-0.4, -0.2) is 57.5 Å². The average molecular weight is 439 g/mol. The van der Waals surface area contributed by atoms with Gasteiger partial charge in [0.1, 0.15) is 4.88 Å². The van der Waals surface area contributed by atoms with Gasteiger partial charge >= 0.3 is 5.97 Å². The molecule has 2 aromatic rings. The number of rotatable bonds is 6. The second-order valence-electron chi connectivity index (χ2n) is 6.53. The van der Waals surface area contributed by atoms with Gasteiger partial charge in [-0.15, -0.1) is 11.3 Å². The number of carbonyl (C=O) groups excluding carboxylic acids is 2. The van der Waals surface area contributed by atoms with Crippen LogP contribution in [-0.2, 0) is 24.3 Å². The Morgan fingerprint density at radius 2 is 1.90 bits per heavy atom. The van der Waals surface area contributed by atoms with Crippen LogP contribution in [0.5, 0.6) is 0 Å².